The molecule has 0 aliphatic heterocycles. The lowest BCUT2D eigenvalue weighted by atomic mass is 10.1. The van der Waals surface area contributed by atoms with E-state index in [-0.39, 0.29) is 6.54 Å². The van der Waals surface area contributed by atoms with Crippen LogP contribution in [0.5, 0.6) is 0 Å². The quantitative estimate of drug-likeness (QED) is 0.677. The van der Waals surface area contributed by atoms with Gasteiger partial charge in [0.1, 0.15) is 0 Å². The summed E-state index contributed by atoms with van der Waals surface area (Å²) in [5.41, 5.74) is 0. The van der Waals surface area contributed by atoms with Crippen LogP contribution in [-0.4, -0.2) is 31.3 Å². The van der Waals surface area contributed by atoms with Crippen molar-refractivity contribution in [2.75, 3.05) is 25.1 Å². The standard InChI is InChI=1S/C10H17F3N2S/c1-16-6-4-2-3-5-15-8-9(7-14)10(11,12)13/h9,15H,2-6,8H2,1H3. The molecule has 0 fully saturated rings. The molecule has 2 nitrogen and oxygen atoms in total. The number of rotatable bonds is 8. The summed E-state index contributed by atoms with van der Waals surface area (Å²) in [5, 5.41) is 11.0. The van der Waals surface area contributed by atoms with Crippen LogP contribution in [0.2, 0.25) is 0 Å². The highest BCUT2D eigenvalue weighted by molar-refractivity contribution is 7.98. The summed E-state index contributed by atoms with van der Waals surface area (Å²) in [4.78, 5) is 0. The lowest BCUT2D eigenvalue weighted by Crippen LogP contribution is -2.32. The Labute approximate surface area is 98.6 Å². The van der Waals surface area contributed by atoms with Crippen LogP contribution in [0.3, 0.4) is 0 Å². The largest absolute Gasteiger partial charge is 0.405 e. The third kappa shape index (κ3) is 7.83. The second-order valence-electron chi connectivity index (χ2n) is 3.48. The molecular formula is C10H17F3N2S. The van der Waals surface area contributed by atoms with E-state index in [1.165, 1.54) is 6.07 Å². The monoisotopic (exact) mass is 254 g/mol. The Hall–Kier alpha value is -0.410. The van der Waals surface area contributed by atoms with Crippen LogP contribution in [0, 0.1) is 17.2 Å². The van der Waals surface area contributed by atoms with Crippen molar-refractivity contribution in [3.05, 3.63) is 0 Å². The Morgan fingerprint density at radius 1 is 1.31 bits per heavy atom. The number of unbranched alkanes of at least 4 members (excludes halogenated alkanes) is 2. The SMILES string of the molecule is CSCCCCCNCC(C#N)C(F)(F)F. The molecule has 0 heterocycles. The molecule has 0 aromatic carbocycles. The zero-order chi connectivity index (χ0) is 12.4. The van der Waals surface area contributed by atoms with E-state index < -0.39 is 12.1 Å². The van der Waals surface area contributed by atoms with E-state index >= 15 is 0 Å². The fourth-order valence-electron chi connectivity index (χ4n) is 1.15. The molecule has 1 atom stereocenters. The van der Waals surface area contributed by atoms with E-state index in [0.29, 0.717) is 6.54 Å². The Morgan fingerprint density at radius 2 is 2.00 bits per heavy atom. The molecule has 0 saturated heterocycles. The second kappa shape index (κ2) is 8.71. The van der Waals surface area contributed by atoms with Crippen molar-refractivity contribution in [1.82, 2.24) is 5.32 Å². The third-order valence-electron chi connectivity index (χ3n) is 2.10. The molecule has 0 rings (SSSR count). The van der Waals surface area contributed by atoms with Crippen LogP contribution in [0.4, 0.5) is 13.2 Å². The van der Waals surface area contributed by atoms with Crippen molar-refractivity contribution in [2.45, 2.75) is 25.4 Å². The molecule has 16 heavy (non-hydrogen) atoms. The summed E-state index contributed by atoms with van der Waals surface area (Å²) in [7, 11) is 0. The fraction of sp³-hybridized carbons (Fsp3) is 0.900. The number of thioether (sulfide) groups is 1. The van der Waals surface area contributed by atoms with Crippen molar-refractivity contribution in [2.24, 2.45) is 5.92 Å². The molecule has 0 aromatic heterocycles. The number of nitriles is 1. The maximum Gasteiger partial charge on any atom is 0.405 e. The first kappa shape index (κ1) is 15.6. The predicted molar refractivity (Wildman–Crippen MR) is 60.3 cm³/mol. The number of nitrogens with one attached hydrogen (secondary N) is 1. The van der Waals surface area contributed by atoms with Gasteiger partial charge in [0, 0.05) is 6.54 Å². The summed E-state index contributed by atoms with van der Waals surface area (Å²) >= 11 is 1.77. The highest BCUT2D eigenvalue weighted by Crippen LogP contribution is 2.24. The van der Waals surface area contributed by atoms with Gasteiger partial charge in [-0.25, -0.2) is 0 Å². The topological polar surface area (TPSA) is 35.8 Å². The first-order valence-electron chi connectivity index (χ1n) is 5.18. The zero-order valence-corrected chi connectivity index (χ0v) is 10.1. The minimum Gasteiger partial charge on any atom is -0.315 e. The van der Waals surface area contributed by atoms with Gasteiger partial charge in [-0.3, -0.25) is 0 Å². The van der Waals surface area contributed by atoms with Gasteiger partial charge in [-0.2, -0.15) is 30.2 Å². The van der Waals surface area contributed by atoms with E-state index in [1.54, 1.807) is 11.8 Å². The maximum absolute atomic E-state index is 12.1. The molecule has 0 bridgehead atoms. The average molecular weight is 254 g/mol. The van der Waals surface area contributed by atoms with Gasteiger partial charge in [-0.05, 0) is 31.4 Å². The Kier molecular flexibility index (Phi) is 8.49. The molecule has 0 aliphatic carbocycles. The molecule has 0 saturated carbocycles. The van der Waals surface area contributed by atoms with Crippen LogP contribution >= 0.6 is 11.8 Å². The molecule has 1 unspecified atom stereocenters. The van der Waals surface area contributed by atoms with Gasteiger partial charge in [0.15, 0.2) is 5.92 Å². The molecule has 0 spiro atoms. The summed E-state index contributed by atoms with van der Waals surface area (Å²) in [6.07, 6.45) is 0.567. The van der Waals surface area contributed by atoms with E-state index in [4.69, 9.17) is 5.26 Å². The smallest absolute Gasteiger partial charge is 0.315 e. The fourth-order valence-corrected chi connectivity index (χ4v) is 1.65. The highest BCUT2D eigenvalue weighted by Gasteiger charge is 2.39. The van der Waals surface area contributed by atoms with Crippen LogP contribution in [0.15, 0.2) is 0 Å². The van der Waals surface area contributed by atoms with Crippen LogP contribution in [0.25, 0.3) is 0 Å². The number of alkyl halides is 3. The lowest BCUT2D eigenvalue weighted by molar-refractivity contribution is -0.157. The Balaban J connectivity index is 3.47. The van der Waals surface area contributed by atoms with Crippen LogP contribution in [-0.2, 0) is 0 Å². The number of hydrogen-bond acceptors (Lipinski definition) is 3. The number of nitrogens with zero attached hydrogens (tertiary/aromatic N) is 1. The highest BCUT2D eigenvalue weighted by atomic mass is 32.2. The van der Waals surface area contributed by atoms with Gasteiger partial charge in [-0.1, -0.05) is 6.42 Å². The van der Waals surface area contributed by atoms with Gasteiger partial charge < -0.3 is 5.32 Å². The number of halogens is 3. The van der Waals surface area contributed by atoms with Gasteiger partial charge in [-0.15, -0.1) is 0 Å². The van der Waals surface area contributed by atoms with Crippen LogP contribution in [0.1, 0.15) is 19.3 Å². The molecule has 0 radical (unpaired) electrons. The van der Waals surface area contributed by atoms with Crippen molar-refractivity contribution < 1.29 is 13.2 Å². The minimum absolute atomic E-state index is 0.303. The summed E-state index contributed by atoms with van der Waals surface area (Å²) < 4.78 is 36.4. The zero-order valence-electron chi connectivity index (χ0n) is 9.31. The molecule has 0 amide bonds. The van der Waals surface area contributed by atoms with E-state index in [2.05, 4.69) is 5.32 Å². The van der Waals surface area contributed by atoms with Crippen molar-refractivity contribution in [3.63, 3.8) is 0 Å². The first-order chi connectivity index (χ1) is 7.52. The normalized spacial score (nSPS) is 13.4. The average Bonchev–Trinajstić information content (AvgIpc) is 2.20. The van der Waals surface area contributed by atoms with E-state index in [1.807, 2.05) is 6.26 Å². The predicted octanol–water partition coefficient (Wildman–Crippen LogP) is 2.81. The first-order valence-corrected chi connectivity index (χ1v) is 6.57. The molecule has 0 aromatic rings. The van der Waals surface area contributed by atoms with Gasteiger partial charge >= 0.3 is 6.18 Å². The van der Waals surface area contributed by atoms with Gasteiger partial charge in [0.25, 0.3) is 0 Å². The minimum atomic E-state index is -4.42. The summed E-state index contributed by atoms with van der Waals surface area (Å²) in [5.74, 6) is -0.803. The van der Waals surface area contributed by atoms with Gasteiger partial charge in [0.2, 0.25) is 0 Å². The van der Waals surface area contributed by atoms with Crippen molar-refractivity contribution >= 4 is 11.8 Å². The summed E-state index contributed by atoms with van der Waals surface area (Å²) in [6.45, 7) is 0.241. The van der Waals surface area contributed by atoms with Gasteiger partial charge in [0.05, 0.1) is 6.07 Å². The second-order valence-corrected chi connectivity index (χ2v) is 4.47. The Bertz CT molecular complexity index is 213. The molecule has 6 heteroatoms. The maximum atomic E-state index is 12.1. The molecule has 0 aliphatic rings. The van der Waals surface area contributed by atoms with Crippen molar-refractivity contribution in [1.29, 1.82) is 5.26 Å². The lowest BCUT2D eigenvalue weighted by Gasteiger charge is -2.13. The Morgan fingerprint density at radius 3 is 2.50 bits per heavy atom. The van der Waals surface area contributed by atoms with E-state index in [9.17, 15) is 13.2 Å². The van der Waals surface area contributed by atoms with Crippen molar-refractivity contribution in [3.8, 4) is 6.07 Å². The number of hydrogen-bond donors (Lipinski definition) is 1. The summed E-state index contributed by atoms with van der Waals surface area (Å²) in [6, 6.07) is 1.26. The van der Waals surface area contributed by atoms with E-state index in [0.717, 1.165) is 25.0 Å². The molecular weight excluding hydrogens is 237 g/mol. The molecule has 94 valence electrons. The third-order valence-corrected chi connectivity index (χ3v) is 2.80. The molecule has 1 N–H and O–H groups in total. The van der Waals surface area contributed by atoms with Crippen LogP contribution < -0.4 is 5.32 Å².